The Kier molecular flexibility index (Phi) is 4.18. The summed E-state index contributed by atoms with van der Waals surface area (Å²) in [6.07, 6.45) is 1.50. The molecular formula is C18H16N6OS. The SMILES string of the molecule is C[C@@H](c1nc2ccccc2s1)N(C)C(=O)c1cccc(-n2cnnn2)c1. The number of thiazole rings is 1. The van der Waals surface area contributed by atoms with Crippen LogP contribution in [0.2, 0.25) is 0 Å². The van der Waals surface area contributed by atoms with Crippen LogP contribution in [0.1, 0.15) is 28.3 Å². The molecule has 0 aliphatic carbocycles. The third kappa shape index (κ3) is 2.95. The lowest BCUT2D eigenvalue weighted by molar-refractivity contribution is 0.0742. The Balaban J connectivity index is 1.60. The topological polar surface area (TPSA) is 76.8 Å². The third-order valence-corrected chi connectivity index (χ3v) is 5.48. The molecule has 2 aromatic carbocycles. The first kappa shape index (κ1) is 16.3. The summed E-state index contributed by atoms with van der Waals surface area (Å²) in [4.78, 5) is 19.3. The van der Waals surface area contributed by atoms with Gasteiger partial charge in [-0.1, -0.05) is 18.2 Å². The standard InChI is InChI=1S/C18H16N6OS/c1-12(17-20-15-8-3-4-9-16(15)26-17)23(2)18(25)13-6-5-7-14(10-13)24-11-19-21-22-24/h3-12H,1-2H3/t12-/m0/s1. The van der Waals surface area contributed by atoms with Gasteiger partial charge in [0.1, 0.15) is 11.3 Å². The van der Waals surface area contributed by atoms with E-state index >= 15 is 0 Å². The van der Waals surface area contributed by atoms with Crippen LogP contribution in [0.15, 0.2) is 54.9 Å². The summed E-state index contributed by atoms with van der Waals surface area (Å²) in [5, 5.41) is 12.0. The molecule has 0 saturated heterocycles. The predicted molar refractivity (Wildman–Crippen MR) is 99.3 cm³/mol. The Bertz CT molecular complexity index is 1030. The highest BCUT2D eigenvalue weighted by Crippen LogP contribution is 2.29. The average Bonchev–Trinajstić information content (AvgIpc) is 3.36. The summed E-state index contributed by atoms with van der Waals surface area (Å²) >= 11 is 1.61. The Morgan fingerprint density at radius 3 is 2.81 bits per heavy atom. The number of carbonyl (C=O) groups excluding carboxylic acids is 1. The van der Waals surface area contributed by atoms with Gasteiger partial charge in [0, 0.05) is 12.6 Å². The van der Waals surface area contributed by atoms with E-state index in [9.17, 15) is 4.79 Å². The summed E-state index contributed by atoms with van der Waals surface area (Å²) in [7, 11) is 1.79. The first-order valence-corrected chi connectivity index (χ1v) is 8.91. The van der Waals surface area contributed by atoms with Crippen LogP contribution >= 0.6 is 11.3 Å². The van der Waals surface area contributed by atoms with Crippen molar-refractivity contribution in [2.75, 3.05) is 7.05 Å². The number of amides is 1. The van der Waals surface area contributed by atoms with Crippen LogP contribution in [0.4, 0.5) is 0 Å². The zero-order chi connectivity index (χ0) is 18.1. The fourth-order valence-electron chi connectivity index (χ4n) is 2.67. The summed E-state index contributed by atoms with van der Waals surface area (Å²) < 4.78 is 2.64. The highest BCUT2D eigenvalue weighted by atomic mass is 32.1. The van der Waals surface area contributed by atoms with Crippen LogP contribution in [-0.4, -0.2) is 43.0 Å². The Morgan fingerprint density at radius 2 is 2.04 bits per heavy atom. The minimum Gasteiger partial charge on any atom is -0.333 e. The van der Waals surface area contributed by atoms with Gasteiger partial charge in [0.05, 0.1) is 21.9 Å². The molecule has 0 N–H and O–H groups in total. The van der Waals surface area contributed by atoms with Gasteiger partial charge in [-0.15, -0.1) is 16.4 Å². The lowest BCUT2D eigenvalue weighted by Crippen LogP contribution is -2.29. The molecule has 0 bridgehead atoms. The van der Waals surface area contributed by atoms with E-state index in [1.54, 1.807) is 35.4 Å². The number of hydrogen-bond acceptors (Lipinski definition) is 6. The van der Waals surface area contributed by atoms with E-state index in [0.29, 0.717) is 5.56 Å². The second kappa shape index (κ2) is 6.64. The van der Waals surface area contributed by atoms with Gasteiger partial charge < -0.3 is 4.90 Å². The molecule has 0 saturated carbocycles. The molecule has 0 aliphatic heterocycles. The maximum Gasteiger partial charge on any atom is 0.254 e. The van der Waals surface area contributed by atoms with Crippen LogP contribution < -0.4 is 0 Å². The van der Waals surface area contributed by atoms with Crippen molar-refractivity contribution in [3.05, 3.63) is 65.4 Å². The number of rotatable bonds is 4. The van der Waals surface area contributed by atoms with Gasteiger partial charge in [-0.3, -0.25) is 4.79 Å². The van der Waals surface area contributed by atoms with Gasteiger partial charge >= 0.3 is 0 Å². The molecule has 4 rings (SSSR count). The molecule has 0 fully saturated rings. The first-order valence-electron chi connectivity index (χ1n) is 8.09. The summed E-state index contributed by atoms with van der Waals surface area (Å²) in [5.74, 6) is -0.0771. The number of fused-ring (bicyclic) bond motifs is 1. The first-order chi connectivity index (χ1) is 12.6. The monoisotopic (exact) mass is 364 g/mol. The second-order valence-corrected chi connectivity index (χ2v) is 6.98. The zero-order valence-electron chi connectivity index (χ0n) is 14.3. The van der Waals surface area contributed by atoms with Crippen molar-refractivity contribution in [2.45, 2.75) is 13.0 Å². The van der Waals surface area contributed by atoms with Gasteiger partial charge in [-0.05, 0) is 47.7 Å². The van der Waals surface area contributed by atoms with Crippen LogP contribution in [0.5, 0.6) is 0 Å². The Hall–Kier alpha value is -3.13. The predicted octanol–water partition coefficient (Wildman–Crippen LogP) is 3.11. The molecule has 0 aliphatic rings. The van der Waals surface area contributed by atoms with Gasteiger partial charge in [0.15, 0.2) is 0 Å². The molecule has 1 atom stereocenters. The lowest BCUT2D eigenvalue weighted by atomic mass is 10.1. The molecule has 130 valence electrons. The zero-order valence-corrected chi connectivity index (χ0v) is 15.1. The Labute approximate surface area is 153 Å². The number of hydrogen-bond donors (Lipinski definition) is 0. The van der Waals surface area contributed by atoms with Crippen molar-refractivity contribution in [1.82, 2.24) is 30.1 Å². The molecular weight excluding hydrogens is 348 g/mol. The molecule has 8 heteroatoms. The number of para-hydroxylation sites is 1. The van der Waals surface area contributed by atoms with E-state index in [-0.39, 0.29) is 11.9 Å². The quantitative estimate of drug-likeness (QED) is 0.556. The maximum atomic E-state index is 12.9. The Morgan fingerprint density at radius 1 is 1.19 bits per heavy atom. The summed E-state index contributed by atoms with van der Waals surface area (Å²) in [5.41, 5.74) is 2.27. The van der Waals surface area contributed by atoms with E-state index in [1.807, 2.05) is 43.3 Å². The van der Waals surface area contributed by atoms with Gasteiger partial charge in [0.2, 0.25) is 0 Å². The van der Waals surface area contributed by atoms with Crippen molar-refractivity contribution in [3.63, 3.8) is 0 Å². The lowest BCUT2D eigenvalue weighted by Gasteiger charge is -2.23. The van der Waals surface area contributed by atoms with Crippen LogP contribution in [0.3, 0.4) is 0 Å². The van der Waals surface area contributed by atoms with Gasteiger partial charge in [-0.25, -0.2) is 9.67 Å². The van der Waals surface area contributed by atoms with Crippen LogP contribution in [0, 0.1) is 0 Å². The van der Waals surface area contributed by atoms with E-state index < -0.39 is 0 Å². The number of benzene rings is 2. The minimum atomic E-state index is -0.128. The molecule has 4 aromatic rings. The van der Waals surface area contributed by atoms with Crippen molar-refractivity contribution >= 4 is 27.5 Å². The normalized spacial score (nSPS) is 12.2. The van der Waals surface area contributed by atoms with E-state index in [1.165, 1.54) is 11.0 Å². The van der Waals surface area contributed by atoms with Crippen molar-refractivity contribution in [2.24, 2.45) is 0 Å². The number of nitrogens with zero attached hydrogens (tertiary/aromatic N) is 6. The second-order valence-electron chi connectivity index (χ2n) is 5.92. The fraction of sp³-hybridized carbons (Fsp3) is 0.167. The highest BCUT2D eigenvalue weighted by molar-refractivity contribution is 7.18. The molecule has 26 heavy (non-hydrogen) atoms. The molecule has 0 unspecified atom stereocenters. The number of carbonyl (C=O) groups is 1. The summed E-state index contributed by atoms with van der Waals surface area (Å²) in [6.45, 7) is 1.99. The molecule has 0 radical (unpaired) electrons. The average molecular weight is 364 g/mol. The summed E-state index contributed by atoms with van der Waals surface area (Å²) in [6, 6.07) is 15.1. The molecule has 2 heterocycles. The van der Waals surface area contributed by atoms with Gasteiger partial charge in [-0.2, -0.15) is 0 Å². The van der Waals surface area contributed by atoms with Crippen molar-refractivity contribution in [1.29, 1.82) is 0 Å². The fourth-order valence-corrected chi connectivity index (χ4v) is 3.74. The highest BCUT2D eigenvalue weighted by Gasteiger charge is 2.22. The molecule has 2 aromatic heterocycles. The van der Waals surface area contributed by atoms with Crippen LogP contribution in [-0.2, 0) is 0 Å². The molecule has 0 spiro atoms. The molecule has 7 nitrogen and oxygen atoms in total. The van der Waals surface area contributed by atoms with E-state index in [4.69, 9.17) is 0 Å². The third-order valence-electron chi connectivity index (χ3n) is 4.28. The van der Waals surface area contributed by atoms with E-state index in [0.717, 1.165) is 20.9 Å². The largest absolute Gasteiger partial charge is 0.333 e. The van der Waals surface area contributed by atoms with Gasteiger partial charge in [0.25, 0.3) is 5.91 Å². The number of tetrazole rings is 1. The van der Waals surface area contributed by atoms with Crippen LogP contribution in [0.25, 0.3) is 15.9 Å². The minimum absolute atomic E-state index is 0.0771. The van der Waals surface area contributed by atoms with Crippen molar-refractivity contribution in [3.8, 4) is 5.69 Å². The smallest absolute Gasteiger partial charge is 0.254 e. The van der Waals surface area contributed by atoms with Crippen molar-refractivity contribution < 1.29 is 4.79 Å². The number of aromatic nitrogens is 5. The van der Waals surface area contributed by atoms with E-state index in [2.05, 4.69) is 20.5 Å². The molecule has 1 amide bonds. The maximum absolute atomic E-state index is 12.9.